The second-order valence-electron chi connectivity index (χ2n) is 4.85. The molecule has 0 atom stereocenters. The molecule has 1 N–H and O–H groups in total. The molecule has 1 aromatic carbocycles. The van der Waals surface area contributed by atoms with E-state index in [4.69, 9.17) is 11.6 Å². The molecular formula is C16H13ClN2OS. The highest BCUT2D eigenvalue weighted by Gasteiger charge is 2.09. The van der Waals surface area contributed by atoms with E-state index >= 15 is 0 Å². The van der Waals surface area contributed by atoms with E-state index in [2.05, 4.69) is 9.97 Å². The number of halogens is 1. The topological polar surface area (TPSA) is 45.8 Å². The number of rotatable bonds is 2. The first kappa shape index (κ1) is 14.0. The van der Waals surface area contributed by atoms with Crippen LogP contribution >= 0.6 is 22.9 Å². The Morgan fingerprint density at radius 1 is 1.29 bits per heavy atom. The number of para-hydroxylation sites is 1. The Balaban J connectivity index is 2.17. The van der Waals surface area contributed by atoms with Gasteiger partial charge in [-0.25, -0.2) is 4.98 Å². The maximum absolute atomic E-state index is 12.1. The van der Waals surface area contributed by atoms with E-state index in [1.54, 1.807) is 17.4 Å². The number of nitrogens with one attached hydrogen (secondary N) is 1. The summed E-state index contributed by atoms with van der Waals surface area (Å²) in [5, 5.41) is 3.02. The molecule has 5 heteroatoms. The van der Waals surface area contributed by atoms with Gasteiger partial charge in [-0.2, -0.15) is 0 Å². The zero-order chi connectivity index (χ0) is 15.0. The van der Waals surface area contributed by atoms with Crippen molar-refractivity contribution >= 4 is 44.9 Å². The van der Waals surface area contributed by atoms with E-state index in [1.165, 1.54) is 0 Å². The van der Waals surface area contributed by atoms with Gasteiger partial charge in [0.2, 0.25) is 0 Å². The average Bonchev–Trinajstić information content (AvgIpc) is 2.85. The molecule has 3 nitrogen and oxygen atoms in total. The lowest BCUT2D eigenvalue weighted by Crippen LogP contribution is -2.11. The van der Waals surface area contributed by atoms with E-state index in [0.717, 1.165) is 16.0 Å². The number of benzene rings is 1. The van der Waals surface area contributed by atoms with Crippen molar-refractivity contribution in [1.82, 2.24) is 9.97 Å². The Kier molecular flexibility index (Phi) is 3.66. The standard InChI is InChI=1S/C16H13ClN2OS/c1-9-6-7-21-13(9)8-12(17)15-18-14-10(2)4-3-5-11(14)16(20)19-15/h3-8H,1-2H3,(H,18,19,20)/b12-8-. The zero-order valence-electron chi connectivity index (χ0n) is 11.6. The van der Waals surface area contributed by atoms with Crippen LogP contribution in [0.3, 0.4) is 0 Å². The van der Waals surface area contributed by atoms with Crippen LogP contribution in [0.15, 0.2) is 34.4 Å². The fraction of sp³-hybridized carbons (Fsp3) is 0.125. The summed E-state index contributed by atoms with van der Waals surface area (Å²) in [4.78, 5) is 20.5. The highest BCUT2D eigenvalue weighted by atomic mass is 35.5. The lowest BCUT2D eigenvalue weighted by Gasteiger charge is -2.04. The smallest absolute Gasteiger partial charge is 0.259 e. The van der Waals surface area contributed by atoms with Crippen LogP contribution in [0.25, 0.3) is 22.0 Å². The number of thiophene rings is 1. The summed E-state index contributed by atoms with van der Waals surface area (Å²) in [5.41, 5.74) is 2.62. The van der Waals surface area contributed by atoms with E-state index in [-0.39, 0.29) is 5.56 Å². The van der Waals surface area contributed by atoms with Crippen molar-refractivity contribution in [2.24, 2.45) is 0 Å². The Hall–Kier alpha value is -1.91. The maximum Gasteiger partial charge on any atom is 0.259 e. The molecule has 21 heavy (non-hydrogen) atoms. The highest BCUT2D eigenvalue weighted by molar-refractivity contribution is 7.11. The van der Waals surface area contributed by atoms with Crippen molar-refractivity contribution in [2.75, 3.05) is 0 Å². The van der Waals surface area contributed by atoms with Gasteiger partial charge in [0.15, 0.2) is 5.82 Å². The van der Waals surface area contributed by atoms with Gasteiger partial charge in [-0.1, -0.05) is 23.7 Å². The number of aromatic amines is 1. The van der Waals surface area contributed by atoms with Crippen LogP contribution < -0.4 is 5.56 Å². The number of nitrogens with zero attached hydrogens (tertiary/aromatic N) is 1. The summed E-state index contributed by atoms with van der Waals surface area (Å²) in [6, 6.07) is 7.57. The number of aromatic nitrogens is 2. The summed E-state index contributed by atoms with van der Waals surface area (Å²) >= 11 is 7.93. The Morgan fingerprint density at radius 3 is 2.81 bits per heavy atom. The quantitative estimate of drug-likeness (QED) is 0.764. The Morgan fingerprint density at radius 2 is 2.10 bits per heavy atom. The van der Waals surface area contributed by atoms with Gasteiger partial charge < -0.3 is 4.98 Å². The van der Waals surface area contributed by atoms with E-state index < -0.39 is 0 Å². The second-order valence-corrected chi connectivity index (χ2v) is 6.20. The predicted octanol–water partition coefficient (Wildman–Crippen LogP) is 4.34. The van der Waals surface area contributed by atoms with Gasteiger partial charge in [0.05, 0.1) is 15.9 Å². The number of H-pyrrole nitrogens is 1. The molecule has 0 bridgehead atoms. The van der Waals surface area contributed by atoms with Crippen molar-refractivity contribution in [3.05, 3.63) is 61.8 Å². The molecule has 3 rings (SSSR count). The minimum atomic E-state index is -0.173. The van der Waals surface area contributed by atoms with Crippen molar-refractivity contribution in [3.8, 4) is 0 Å². The largest absolute Gasteiger partial charge is 0.305 e. The first-order valence-electron chi connectivity index (χ1n) is 6.47. The molecule has 0 spiro atoms. The summed E-state index contributed by atoms with van der Waals surface area (Å²) in [5.74, 6) is 0.399. The average molecular weight is 317 g/mol. The van der Waals surface area contributed by atoms with Gasteiger partial charge in [0, 0.05) is 4.88 Å². The molecule has 0 aliphatic carbocycles. The molecule has 2 heterocycles. The molecule has 2 aromatic heterocycles. The van der Waals surface area contributed by atoms with Crippen molar-refractivity contribution in [2.45, 2.75) is 13.8 Å². The van der Waals surface area contributed by atoms with Crippen molar-refractivity contribution < 1.29 is 0 Å². The van der Waals surface area contributed by atoms with Gasteiger partial charge in [-0.3, -0.25) is 4.79 Å². The van der Waals surface area contributed by atoms with E-state index in [9.17, 15) is 4.79 Å². The summed E-state index contributed by atoms with van der Waals surface area (Å²) < 4.78 is 0. The predicted molar refractivity (Wildman–Crippen MR) is 89.9 cm³/mol. The molecule has 0 unspecified atom stereocenters. The first-order valence-corrected chi connectivity index (χ1v) is 7.73. The fourth-order valence-electron chi connectivity index (χ4n) is 2.13. The molecule has 0 fully saturated rings. The van der Waals surface area contributed by atoms with Gasteiger partial charge >= 0.3 is 0 Å². The van der Waals surface area contributed by atoms with Gasteiger partial charge in [-0.15, -0.1) is 11.3 Å². The first-order chi connectivity index (χ1) is 10.1. The van der Waals surface area contributed by atoms with Crippen LogP contribution in [0.4, 0.5) is 0 Å². The summed E-state index contributed by atoms with van der Waals surface area (Å²) in [6.45, 7) is 3.95. The molecule has 3 aromatic rings. The number of hydrogen-bond donors (Lipinski definition) is 1. The Bertz CT molecular complexity index is 908. The molecular weight excluding hydrogens is 304 g/mol. The van der Waals surface area contributed by atoms with Crippen LogP contribution in [-0.4, -0.2) is 9.97 Å². The monoisotopic (exact) mass is 316 g/mol. The normalized spacial score (nSPS) is 12.0. The third-order valence-electron chi connectivity index (χ3n) is 3.32. The van der Waals surface area contributed by atoms with Gasteiger partial charge in [0.1, 0.15) is 0 Å². The zero-order valence-corrected chi connectivity index (χ0v) is 13.2. The van der Waals surface area contributed by atoms with Gasteiger partial charge in [0.25, 0.3) is 5.56 Å². The van der Waals surface area contributed by atoms with Crippen molar-refractivity contribution in [3.63, 3.8) is 0 Å². The maximum atomic E-state index is 12.1. The molecule has 0 aliphatic rings. The van der Waals surface area contributed by atoms with Crippen LogP contribution in [0.2, 0.25) is 0 Å². The minimum absolute atomic E-state index is 0.173. The lowest BCUT2D eigenvalue weighted by atomic mass is 10.1. The molecule has 0 aliphatic heterocycles. The minimum Gasteiger partial charge on any atom is -0.305 e. The highest BCUT2D eigenvalue weighted by Crippen LogP contribution is 2.25. The van der Waals surface area contributed by atoms with E-state index in [1.807, 2.05) is 43.5 Å². The number of fused-ring (bicyclic) bond motifs is 1. The summed E-state index contributed by atoms with van der Waals surface area (Å²) in [6.07, 6.45) is 1.84. The Labute approximate surface area is 130 Å². The van der Waals surface area contributed by atoms with Crippen LogP contribution in [0.1, 0.15) is 21.8 Å². The van der Waals surface area contributed by atoms with Crippen LogP contribution in [0.5, 0.6) is 0 Å². The van der Waals surface area contributed by atoms with Crippen molar-refractivity contribution in [1.29, 1.82) is 0 Å². The molecule has 106 valence electrons. The fourth-order valence-corrected chi connectivity index (χ4v) is 3.26. The molecule has 0 saturated heterocycles. The second kappa shape index (κ2) is 5.47. The number of aryl methyl sites for hydroxylation is 2. The van der Waals surface area contributed by atoms with Crippen LogP contribution in [0, 0.1) is 13.8 Å². The van der Waals surface area contributed by atoms with Crippen LogP contribution in [-0.2, 0) is 0 Å². The van der Waals surface area contributed by atoms with Gasteiger partial charge in [-0.05, 0) is 48.6 Å². The third-order valence-corrected chi connectivity index (χ3v) is 4.58. The summed E-state index contributed by atoms with van der Waals surface area (Å²) in [7, 11) is 0. The third kappa shape index (κ3) is 2.64. The van der Waals surface area contributed by atoms with E-state index in [0.29, 0.717) is 21.8 Å². The number of hydrogen-bond acceptors (Lipinski definition) is 3. The SMILES string of the molecule is Cc1ccsc1/C=C(\Cl)c1nc2c(C)cccc2c(=O)[nH]1. The molecule has 0 saturated carbocycles. The lowest BCUT2D eigenvalue weighted by molar-refractivity contribution is 1.13. The molecule has 0 radical (unpaired) electrons. The molecule has 0 amide bonds.